The van der Waals surface area contributed by atoms with Crippen LogP contribution in [0.2, 0.25) is 5.02 Å². The monoisotopic (exact) mass is 431 g/mol. The number of para-hydroxylation sites is 2. The average molecular weight is 432 g/mol. The molecular formula is C19H14ClN3O3S2. The predicted molar refractivity (Wildman–Crippen MR) is 115 cm³/mol. The summed E-state index contributed by atoms with van der Waals surface area (Å²) in [6.07, 6.45) is 0. The molecule has 0 aliphatic rings. The number of rotatable bonds is 4. The first-order chi connectivity index (χ1) is 13.5. The van der Waals surface area contributed by atoms with Crippen LogP contribution in [0, 0.1) is 3.95 Å². The first-order valence-electron chi connectivity index (χ1n) is 8.40. The van der Waals surface area contributed by atoms with E-state index < -0.39 is 0 Å². The lowest BCUT2D eigenvalue weighted by molar-refractivity contribution is 0.103. The number of halogens is 1. The van der Waals surface area contributed by atoms with Crippen LogP contribution in [-0.2, 0) is 0 Å². The van der Waals surface area contributed by atoms with Gasteiger partial charge in [-0.25, -0.2) is 0 Å². The maximum absolute atomic E-state index is 12.9. The molecule has 0 bridgehead atoms. The van der Waals surface area contributed by atoms with Crippen LogP contribution in [0.1, 0.15) is 16.6 Å². The summed E-state index contributed by atoms with van der Waals surface area (Å²) >= 11 is 12.7. The van der Waals surface area contributed by atoms with Gasteiger partial charge < -0.3 is 15.0 Å². The van der Waals surface area contributed by atoms with Crippen LogP contribution in [0.25, 0.3) is 16.6 Å². The number of aromatic nitrogens is 2. The van der Waals surface area contributed by atoms with Crippen LogP contribution < -0.4 is 15.6 Å². The average Bonchev–Trinajstić information content (AvgIpc) is 3.00. The van der Waals surface area contributed by atoms with Crippen LogP contribution in [0.15, 0.2) is 47.3 Å². The summed E-state index contributed by atoms with van der Waals surface area (Å²) in [7, 11) is 0. The standard InChI is InChI=1S/C19H14ClN3O3S2/c1-2-26-14-6-4-3-5-12(14)21-18(25)15-16-22-17(24)11-8-7-10(20)9-13(11)23(16)19(27)28-15/h3-9H,2H2,1H3,(H,21,25)(H,22,24). The maximum atomic E-state index is 12.9. The number of carbonyl (C=O) groups excluding carboxylic acids is 1. The largest absolute Gasteiger partial charge is 0.492 e. The van der Waals surface area contributed by atoms with Gasteiger partial charge in [0.1, 0.15) is 16.3 Å². The third kappa shape index (κ3) is 3.19. The minimum atomic E-state index is -0.386. The molecule has 28 heavy (non-hydrogen) atoms. The molecule has 2 aromatic heterocycles. The molecule has 0 saturated heterocycles. The Morgan fingerprint density at radius 3 is 2.89 bits per heavy atom. The molecule has 142 valence electrons. The highest BCUT2D eigenvalue weighted by atomic mass is 35.5. The van der Waals surface area contributed by atoms with Gasteiger partial charge in [-0.05, 0) is 49.5 Å². The van der Waals surface area contributed by atoms with Crippen molar-refractivity contribution in [3.8, 4) is 5.75 Å². The third-order valence-corrected chi connectivity index (χ3v) is 5.74. The number of H-pyrrole nitrogens is 1. The van der Waals surface area contributed by atoms with E-state index in [1.165, 1.54) is 0 Å². The van der Waals surface area contributed by atoms with E-state index in [1.54, 1.807) is 40.8 Å². The van der Waals surface area contributed by atoms with E-state index in [0.29, 0.717) is 48.4 Å². The lowest BCUT2D eigenvalue weighted by atomic mass is 10.2. The summed E-state index contributed by atoms with van der Waals surface area (Å²) in [5, 5.41) is 3.75. The third-order valence-electron chi connectivity index (χ3n) is 4.13. The van der Waals surface area contributed by atoms with E-state index in [2.05, 4.69) is 10.3 Å². The number of benzene rings is 2. The molecule has 0 spiro atoms. The summed E-state index contributed by atoms with van der Waals surface area (Å²) in [6, 6.07) is 12.1. The van der Waals surface area contributed by atoms with Gasteiger partial charge in [-0.1, -0.05) is 35.1 Å². The van der Waals surface area contributed by atoms with Crippen molar-refractivity contribution in [1.82, 2.24) is 9.38 Å². The lowest BCUT2D eigenvalue weighted by Gasteiger charge is -2.10. The van der Waals surface area contributed by atoms with Crippen molar-refractivity contribution in [3.63, 3.8) is 0 Å². The van der Waals surface area contributed by atoms with Crippen LogP contribution in [0.5, 0.6) is 5.75 Å². The molecule has 2 aromatic carbocycles. The number of anilines is 1. The predicted octanol–water partition coefficient (Wildman–Crippen LogP) is 4.88. The fourth-order valence-electron chi connectivity index (χ4n) is 2.95. The molecule has 1 amide bonds. The Morgan fingerprint density at radius 1 is 1.32 bits per heavy atom. The first-order valence-corrected chi connectivity index (χ1v) is 10.00. The summed E-state index contributed by atoms with van der Waals surface area (Å²) in [4.78, 5) is 28.5. The van der Waals surface area contributed by atoms with Gasteiger partial charge in [0.05, 0.1) is 23.2 Å². The number of amides is 1. The van der Waals surface area contributed by atoms with Gasteiger partial charge in [-0.15, -0.1) is 0 Å². The number of fused-ring (bicyclic) bond motifs is 3. The van der Waals surface area contributed by atoms with Crippen LogP contribution in [0.3, 0.4) is 0 Å². The minimum absolute atomic E-state index is 0.301. The zero-order valence-corrected chi connectivity index (χ0v) is 17.0. The molecule has 2 heterocycles. The van der Waals surface area contributed by atoms with Crippen molar-refractivity contribution in [2.24, 2.45) is 0 Å². The van der Waals surface area contributed by atoms with Crippen molar-refractivity contribution >= 4 is 63.3 Å². The zero-order chi connectivity index (χ0) is 19.8. The molecule has 0 unspecified atom stereocenters. The summed E-state index contributed by atoms with van der Waals surface area (Å²) in [6.45, 7) is 2.34. The maximum Gasteiger partial charge on any atom is 0.269 e. The van der Waals surface area contributed by atoms with Gasteiger partial charge in [-0.2, -0.15) is 0 Å². The molecule has 0 aliphatic heterocycles. The molecule has 4 aromatic rings. The van der Waals surface area contributed by atoms with Crippen LogP contribution in [-0.4, -0.2) is 21.9 Å². The van der Waals surface area contributed by atoms with Crippen molar-refractivity contribution in [2.45, 2.75) is 6.92 Å². The Morgan fingerprint density at radius 2 is 2.11 bits per heavy atom. The SMILES string of the molecule is CCOc1ccccc1NC(=O)c1sc(=S)n2c1[nH]c(=O)c1ccc(Cl)cc12. The smallest absolute Gasteiger partial charge is 0.269 e. The van der Waals surface area contributed by atoms with Gasteiger partial charge in [0.15, 0.2) is 3.95 Å². The van der Waals surface area contributed by atoms with Crippen molar-refractivity contribution in [2.75, 3.05) is 11.9 Å². The van der Waals surface area contributed by atoms with Gasteiger partial charge in [0.25, 0.3) is 11.5 Å². The Kier molecular flexibility index (Phi) is 4.92. The normalized spacial score (nSPS) is 11.1. The number of aromatic amines is 1. The number of hydrogen-bond donors (Lipinski definition) is 2. The van der Waals surface area contributed by atoms with Gasteiger partial charge >= 0.3 is 0 Å². The van der Waals surface area contributed by atoms with Gasteiger partial charge in [-0.3, -0.25) is 14.0 Å². The first kappa shape index (κ1) is 18.7. The lowest BCUT2D eigenvalue weighted by Crippen LogP contribution is -2.15. The Labute approximate surface area is 173 Å². The molecule has 9 heteroatoms. The minimum Gasteiger partial charge on any atom is -0.492 e. The molecule has 0 saturated carbocycles. The number of nitrogens with zero attached hydrogens (tertiary/aromatic N) is 1. The fraction of sp³-hybridized carbons (Fsp3) is 0.105. The summed E-state index contributed by atoms with van der Waals surface area (Å²) < 4.78 is 7.64. The van der Waals surface area contributed by atoms with E-state index in [-0.39, 0.29) is 11.5 Å². The Balaban J connectivity index is 1.86. The Bertz CT molecular complexity index is 1340. The number of ether oxygens (including phenoxy) is 1. The van der Waals surface area contributed by atoms with Crippen LogP contribution >= 0.6 is 35.2 Å². The van der Waals surface area contributed by atoms with E-state index in [4.69, 9.17) is 28.6 Å². The molecule has 0 aliphatic carbocycles. The number of thiazole rings is 1. The molecule has 0 atom stereocenters. The van der Waals surface area contributed by atoms with Crippen LogP contribution in [0.4, 0.5) is 5.69 Å². The second kappa shape index (κ2) is 7.38. The highest BCUT2D eigenvalue weighted by Crippen LogP contribution is 2.28. The second-order valence-electron chi connectivity index (χ2n) is 5.88. The van der Waals surface area contributed by atoms with E-state index in [9.17, 15) is 9.59 Å². The van der Waals surface area contributed by atoms with Crippen molar-refractivity contribution in [3.05, 3.63) is 66.7 Å². The van der Waals surface area contributed by atoms with Crippen molar-refractivity contribution < 1.29 is 9.53 Å². The molecule has 4 rings (SSSR count). The van der Waals surface area contributed by atoms with E-state index in [0.717, 1.165) is 11.3 Å². The highest BCUT2D eigenvalue weighted by molar-refractivity contribution is 7.73. The topological polar surface area (TPSA) is 75.6 Å². The zero-order valence-electron chi connectivity index (χ0n) is 14.6. The summed E-state index contributed by atoms with van der Waals surface area (Å²) in [5.41, 5.74) is 1.11. The highest BCUT2D eigenvalue weighted by Gasteiger charge is 2.19. The summed E-state index contributed by atoms with van der Waals surface area (Å²) in [5.74, 6) is 0.180. The van der Waals surface area contributed by atoms with Gasteiger partial charge in [0, 0.05) is 5.02 Å². The molecule has 2 N–H and O–H groups in total. The second-order valence-corrected chi connectivity index (χ2v) is 7.96. The van der Waals surface area contributed by atoms with E-state index in [1.807, 2.05) is 13.0 Å². The Hall–Kier alpha value is -2.68. The van der Waals surface area contributed by atoms with E-state index >= 15 is 0 Å². The number of carbonyl (C=O) groups is 1. The molecule has 0 radical (unpaired) electrons. The molecule has 6 nitrogen and oxygen atoms in total. The molecular weight excluding hydrogens is 418 g/mol. The molecule has 0 fully saturated rings. The van der Waals surface area contributed by atoms with Gasteiger partial charge in [0.2, 0.25) is 0 Å². The number of nitrogens with one attached hydrogen (secondary N) is 2. The van der Waals surface area contributed by atoms with Crippen molar-refractivity contribution in [1.29, 1.82) is 0 Å². The number of hydrogen-bond acceptors (Lipinski definition) is 5. The fourth-order valence-corrected chi connectivity index (χ4v) is 4.39. The quantitative estimate of drug-likeness (QED) is 0.452.